The van der Waals surface area contributed by atoms with Crippen molar-refractivity contribution in [2.75, 3.05) is 0 Å². The Hall–Kier alpha value is -2.74. The average molecular weight is 360 g/mol. The van der Waals surface area contributed by atoms with Crippen molar-refractivity contribution < 1.29 is 0 Å². The van der Waals surface area contributed by atoms with E-state index in [0.717, 1.165) is 0 Å². The molecule has 134 valence electrons. The van der Waals surface area contributed by atoms with Crippen LogP contribution >= 0.6 is 0 Å². The van der Waals surface area contributed by atoms with Gasteiger partial charge >= 0.3 is 0 Å². The highest BCUT2D eigenvalue weighted by Crippen LogP contribution is 3.05. The summed E-state index contributed by atoms with van der Waals surface area (Å²) in [4.78, 5) is 0. The minimum atomic E-state index is 0.137. The quantitative estimate of drug-likeness (QED) is 0.634. The second-order valence-electron chi connectivity index (χ2n) is 9.31. The van der Waals surface area contributed by atoms with Crippen molar-refractivity contribution >= 4 is 0 Å². The average Bonchev–Trinajstić information content (AvgIpc) is 3.21. The van der Waals surface area contributed by atoms with E-state index in [4.69, 9.17) is 10.2 Å². The largest absolute Gasteiger partial charge is 0.190 e. The van der Waals surface area contributed by atoms with Crippen molar-refractivity contribution in [3.05, 3.63) is 108 Å². The van der Waals surface area contributed by atoms with Gasteiger partial charge in [0.15, 0.2) is 0 Å². The second kappa shape index (κ2) is 4.15. The lowest BCUT2D eigenvalue weighted by Gasteiger charge is -2.51. The Morgan fingerprint density at radius 1 is 0.429 bits per heavy atom. The maximum atomic E-state index is 4.82. The van der Waals surface area contributed by atoms with E-state index in [1.807, 2.05) is 0 Å². The summed E-state index contributed by atoms with van der Waals surface area (Å²) in [7, 11) is 0. The minimum absolute atomic E-state index is 0.137. The molecule has 8 atom stereocenters. The molecule has 2 unspecified atom stereocenters. The van der Waals surface area contributed by atoms with Crippen molar-refractivity contribution in [3.8, 4) is 0 Å². The molecule has 6 aliphatic rings. The summed E-state index contributed by atoms with van der Waals surface area (Å²) in [5.41, 5.74) is 5.05. The monoisotopic (exact) mass is 360 g/mol. The Morgan fingerprint density at radius 3 is 1.11 bits per heavy atom. The van der Waals surface area contributed by atoms with Gasteiger partial charge in [-0.2, -0.15) is 10.2 Å². The third-order valence-electron chi connectivity index (χ3n) is 9.18. The molecule has 0 aromatic heterocycles. The lowest BCUT2D eigenvalue weighted by Crippen LogP contribution is -2.55. The van der Waals surface area contributed by atoms with Crippen LogP contribution < -0.4 is 0 Å². The van der Waals surface area contributed by atoms with Crippen molar-refractivity contribution in [2.45, 2.75) is 28.3 Å². The van der Waals surface area contributed by atoms with E-state index < -0.39 is 0 Å². The van der Waals surface area contributed by atoms with Gasteiger partial charge in [0.1, 0.15) is 0 Å². The van der Waals surface area contributed by atoms with Gasteiger partial charge < -0.3 is 0 Å². The fourth-order valence-electron chi connectivity index (χ4n) is 9.24. The highest BCUT2D eigenvalue weighted by Gasteiger charge is 3.11. The zero-order chi connectivity index (χ0) is 18.1. The zero-order valence-electron chi connectivity index (χ0n) is 15.4. The molecule has 9 rings (SSSR count). The Balaban J connectivity index is 1.52. The maximum Gasteiger partial charge on any atom is 0.0807 e. The minimum Gasteiger partial charge on any atom is -0.190 e. The summed E-state index contributed by atoms with van der Waals surface area (Å²) >= 11 is 0. The lowest BCUT2D eigenvalue weighted by atomic mass is 9.52. The Labute approximate surface area is 164 Å². The number of nitrogens with zero attached hydrogens (tertiary/aromatic N) is 2. The number of benzene rings is 3. The Morgan fingerprint density at radius 2 is 0.750 bits per heavy atom. The fourth-order valence-corrected chi connectivity index (χ4v) is 9.24. The molecule has 3 aromatic rings. The molecular weight excluding hydrogens is 340 g/mol. The molecule has 28 heavy (non-hydrogen) atoms. The lowest BCUT2D eigenvalue weighted by molar-refractivity contribution is 0.0825. The predicted octanol–water partition coefficient (Wildman–Crippen LogP) is 4.91. The smallest absolute Gasteiger partial charge is 0.0807 e. The van der Waals surface area contributed by atoms with Gasteiger partial charge in [-0.15, -0.1) is 0 Å². The van der Waals surface area contributed by atoms with E-state index in [2.05, 4.69) is 91.0 Å². The van der Waals surface area contributed by atoms with Gasteiger partial charge in [-0.25, -0.2) is 0 Å². The van der Waals surface area contributed by atoms with E-state index in [-0.39, 0.29) is 16.2 Å². The summed E-state index contributed by atoms with van der Waals surface area (Å²) < 4.78 is 0. The van der Waals surface area contributed by atoms with Crippen molar-refractivity contribution in [3.63, 3.8) is 0 Å². The highest BCUT2D eigenvalue weighted by atomic mass is 15.3. The zero-order valence-corrected chi connectivity index (χ0v) is 15.4. The van der Waals surface area contributed by atoms with E-state index in [9.17, 15) is 0 Å². The molecule has 5 aliphatic carbocycles. The first kappa shape index (κ1) is 14.3. The van der Waals surface area contributed by atoms with Crippen molar-refractivity contribution in [2.24, 2.45) is 28.0 Å². The first-order chi connectivity index (χ1) is 13.9. The van der Waals surface area contributed by atoms with Gasteiger partial charge in [0.25, 0.3) is 0 Å². The fraction of sp³-hybridized carbons (Fsp3) is 0.308. The summed E-state index contributed by atoms with van der Waals surface area (Å²) in [6.07, 6.45) is 0. The third-order valence-corrected chi connectivity index (χ3v) is 9.18. The number of hydrogen-bond acceptors (Lipinski definition) is 2. The summed E-state index contributed by atoms with van der Waals surface area (Å²) in [5, 5.41) is 9.63. The summed E-state index contributed by atoms with van der Waals surface area (Å²) in [6.45, 7) is 0. The van der Waals surface area contributed by atoms with Crippen LogP contribution in [-0.4, -0.2) is 12.1 Å². The molecule has 0 saturated heterocycles. The summed E-state index contributed by atoms with van der Waals surface area (Å²) in [6, 6.07) is 34.9. The summed E-state index contributed by atoms with van der Waals surface area (Å²) in [5.74, 6) is 1.84. The molecule has 3 aromatic carbocycles. The molecule has 0 amide bonds. The van der Waals surface area contributed by atoms with Crippen LogP contribution in [0.1, 0.15) is 16.7 Å². The molecule has 5 bridgehead atoms. The SMILES string of the molecule is c1ccc(C23C4[C@H]5N=N[C@@H]4[C@@H]4[C@@H]5[C@@]2(c2ccccc2)[C@@]43c2ccccc2)cc1. The van der Waals surface area contributed by atoms with Gasteiger partial charge in [0, 0.05) is 34.0 Å². The number of rotatable bonds is 3. The van der Waals surface area contributed by atoms with Gasteiger partial charge in [0.2, 0.25) is 0 Å². The number of azo groups is 1. The molecular formula is C26H20N2. The second-order valence-corrected chi connectivity index (χ2v) is 9.31. The van der Waals surface area contributed by atoms with Gasteiger partial charge in [-0.1, -0.05) is 91.0 Å². The molecule has 1 heterocycles. The van der Waals surface area contributed by atoms with E-state index in [1.165, 1.54) is 16.7 Å². The third kappa shape index (κ3) is 1.00. The molecule has 1 aliphatic heterocycles. The molecule has 2 heteroatoms. The van der Waals surface area contributed by atoms with Gasteiger partial charge in [0.05, 0.1) is 12.1 Å². The molecule has 2 nitrogen and oxygen atoms in total. The van der Waals surface area contributed by atoms with Crippen LogP contribution in [-0.2, 0) is 16.2 Å². The first-order valence-corrected chi connectivity index (χ1v) is 10.5. The first-order valence-electron chi connectivity index (χ1n) is 10.5. The van der Waals surface area contributed by atoms with Crippen molar-refractivity contribution in [1.29, 1.82) is 0 Å². The normalized spacial score (nSPS) is 47.2. The van der Waals surface area contributed by atoms with E-state index in [1.54, 1.807) is 0 Å². The molecule has 5 fully saturated rings. The van der Waals surface area contributed by atoms with E-state index >= 15 is 0 Å². The van der Waals surface area contributed by atoms with Crippen LogP contribution in [0.3, 0.4) is 0 Å². The Kier molecular flexibility index (Phi) is 2.12. The molecule has 0 spiro atoms. The molecule has 0 radical (unpaired) electrons. The van der Waals surface area contributed by atoms with Crippen LogP contribution in [0, 0.1) is 17.8 Å². The molecule has 5 saturated carbocycles. The van der Waals surface area contributed by atoms with Crippen LogP contribution in [0.15, 0.2) is 101 Å². The Bertz CT molecular complexity index is 1090. The van der Waals surface area contributed by atoms with E-state index in [0.29, 0.717) is 29.8 Å². The van der Waals surface area contributed by atoms with Crippen molar-refractivity contribution in [1.82, 2.24) is 0 Å². The van der Waals surface area contributed by atoms with Crippen LogP contribution in [0.5, 0.6) is 0 Å². The molecule has 0 N–H and O–H groups in total. The standard InChI is InChI=1S/C26H20N2/c1-4-10-16(11-5-1)24-19-20-23-21(22(19)27-28-23)26(24,18-14-8-3-9-15-18)25(20,24)17-12-6-2-7-13-17/h1-15,19-23H/t19-,20-,21?,22-,23+,24-,25+,26?/m0/s1. The topological polar surface area (TPSA) is 24.7 Å². The van der Waals surface area contributed by atoms with Crippen LogP contribution in [0.2, 0.25) is 0 Å². The highest BCUT2D eigenvalue weighted by molar-refractivity contribution is 5.80. The van der Waals surface area contributed by atoms with Crippen LogP contribution in [0.4, 0.5) is 0 Å². The maximum absolute atomic E-state index is 4.82. The number of hydrogen-bond donors (Lipinski definition) is 0. The van der Waals surface area contributed by atoms with Gasteiger partial charge in [-0.3, -0.25) is 0 Å². The van der Waals surface area contributed by atoms with Gasteiger partial charge in [-0.05, 0) is 16.7 Å². The predicted molar refractivity (Wildman–Crippen MR) is 107 cm³/mol. The van der Waals surface area contributed by atoms with Crippen LogP contribution in [0.25, 0.3) is 0 Å².